The molecular formula is C29H30N4O2. The molecule has 1 aromatic heterocycles. The van der Waals surface area contributed by atoms with E-state index in [-0.39, 0.29) is 5.91 Å². The maximum Gasteiger partial charge on any atom is 0.254 e. The van der Waals surface area contributed by atoms with E-state index in [0.29, 0.717) is 12.1 Å². The monoisotopic (exact) mass is 466 g/mol. The highest BCUT2D eigenvalue weighted by Gasteiger charge is 2.22. The highest BCUT2D eigenvalue weighted by Crippen LogP contribution is 2.27. The van der Waals surface area contributed by atoms with Crippen molar-refractivity contribution in [1.29, 1.82) is 0 Å². The van der Waals surface area contributed by atoms with Crippen molar-refractivity contribution < 1.29 is 9.53 Å². The quantitative estimate of drug-likeness (QED) is 0.407. The summed E-state index contributed by atoms with van der Waals surface area (Å²) in [5.74, 6) is 1.72. The molecule has 178 valence electrons. The number of anilines is 2. The molecule has 0 bridgehead atoms. The van der Waals surface area contributed by atoms with Crippen LogP contribution in [0.25, 0.3) is 10.9 Å². The number of amides is 1. The summed E-state index contributed by atoms with van der Waals surface area (Å²) < 4.78 is 5.28. The largest absolute Gasteiger partial charge is 0.497 e. The molecule has 6 nitrogen and oxygen atoms in total. The van der Waals surface area contributed by atoms with E-state index in [4.69, 9.17) is 9.72 Å². The highest BCUT2D eigenvalue weighted by molar-refractivity contribution is 6.06. The Morgan fingerprint density at radius 3 is 2.26 bits per heavy atom. The van der Waals surface area contributed by atoms with Gasteiger partial charge in [-0.3, -0.25) is 4.79 Å². The summed E-state index contributed by atoms with van der Waals surface area (Å²) in [4.78, 5) is 24.9. The molecule has 35 heavy (non-hydrogen) atoms. The molecule has 0 radical (unpaired) electrons. The molecule has 0 unspecified atom stereocenters. The van der Waals surface area contributed by atoms with Crippen molar-refractivity contribution in [3.8, 4) is 5.75 Å². The van der Waals surface area contributed by atoms with Crippen LogP contribution in [0.4, 0.5) is 11.5 Å². The Morgan fingerprint density at radius 1 is 0.886 bits per heavy atom. The number of benzene rings is 3. The number of hydrogen-bond donors (Lipinski definition) is 0. The van der Waals surface area contributed by atoms with Gasteiger partial charge in [0.25, 0.3) is 5.91 Å². The van der Waals surface area contributed by atoms with Gasteiger partial charge in [0.05, 0.1) is 18.2 Å². The Hall–Kier alpha value is -4.06. The van der Waals surface area contributed by atoms with Crippen LogP contribution in [0.1, 0.15) is 15.9 Å². The van der Waals surface area contributed by atoms with E-state index in [2.05, 4.69) is 21.9 Å². The molecule has 3 aromatic carbocycles. The van der Waals surface area contributed by atoms with Gasteiger partial charge in [-0.15, -0.1) is 0 Å². The number of piperazine rings is 1. The fourth-order valence-electron chi connectivity index (χ4n) is 4.62. The smallest absolute Gasteiger partial charge is 0.254 e. The van der Waals surface area contributed by atoms with Crippen molar-refractivity contribution in [2.45, 2.75) is 6.54 Å². The zero-order chi connectivity index (χ0) is 24.2. The van der Waals surface area contributed by atoms with E-state index in [1.807, 2.05) is 79.8 Å². The predicted octanol–water partition coefficient (Wildman–Crippen LogP) is 4.84. The maximum absolute atomic E-state index is 13.5. The van der Waals surface area contributed by atoms with Crippen LogP contribution in [0.15, 0.2) is 84.9 Å². The number of fused-ring (bicyclic) bond motifs is 1. The third-order valence-electron chi connectivity index (χ3n) is 6.58. The molecule has 4 aromatic rings. The summed E-state index contributed by atoms with van der Waals surface area (Å²) in [6.45, 7) is 4.01. The number of para-hydroxylation sites is 1. The lowest BCUT2D eigenvalue weighted by atomic mass is 10.1. The third-order valence-corrected chi connectivity index (χ3v) is 6.58. The molecule has 0 N–H and O–H groups in total. The lowest BCUT2D eigenvalue weighted by molar-refractivity contribution is 0.0787. The molecule has 1 saturated heterocycles. The van der Waals surface area contributed by atoms with E-state index < -0.39 is 0 Å². The van der Waals surface area contributed by atoms with E-state index in [0.717, 1.165) is 54.2 Å². The Bertz CT molecular complexity index is 1300. The van der Waals surface area contributed by atoms with Crippen LogP contribution in [-0.2, 0) is 6.54 Å². The molecule has 1 aliphatic rings. The van der Waals surface area contributed by atoms with Crippen LogP contribution in [0.3, 0.4) is 0 Å². The number of nitrogens with zero attached hydrogens (tertiary/aromatic N) is 4. The minimum absolute atomic E-state index is 0.00516. The Labute approximate surface area is 206 Å². The maximum atomic E-state index is 13.5. The summed E-state index contributed by atoms with van der Waals surface area (Å²) >= 11 is 0. The summed E-state index contributed by atoms with van der Waals surface area (Å²) in [5, 5.41) is 0.887. The van der Waals surface area contributed by atoms with Crippen LogP contribution < -0.4 is 14.5 Å². The molecule has 0 atom stereocenters. The summed E-state index contributed by atoms with van der Waals surface area (Å²) in [6.07, 6.45) is 0. The van der Waals surface area contributed by atoms with Crippen molar-refractivity contribution in [2.24, 2.45) is 0 Å². The van der Waals surface area contributed by atoms with Gasteiger partial charge in [-0.1, -0.05) is 48.5 Å². The number of carbonyl (C=O) groups is 1. The van der Waals surface area contributed by atoms with Gasteiger partial charge in [-0.05, 0) is 42.0 Å². The number of pyridine rings is 1. The van der Waals surface area contributed by atoms with E-state index >= 15 is 0 Å². The predicted molar refractivity (Wildman–Crippen MR) is 141 cm³/mol. The number of rotatable bonds is 6. The lowest BCUT2D eigenvalue weighted by Crippen LogP contribution is -2.47. The summed E-state index contributed by atoms with van der Waals surface area (Å²) in [7, 11) is 3.54. The van der Waals surface area contributed by atoms with Gasteiger partial charge in [-0.25, -0.2) is 4.98 Å². The minimum Gasteiger partial charge on any atom is -0.497 e. The molecule has 1 amide bonds. The Kier molecular flexibility index (Phi) is 6.53. The molecule has 0 spiro atoms. The van der Waals surface area contributed by atoms with Gasteiger partial charge in [-0.2, -0.15) is 0 Å². The Morgan fingerprint density at radius 2 is 1.54 bits per heavy atom. The van der Waals surface area contributed by atoms with Gasteiger partial charge >= 0.3 is 0 Å². The van der Waals surface area contributed by atoms with Gasteiger partial charge in [0.15, 0.2) is 0 Å². The van der Waals surface area contributed by atoms with Gasteiger partial charge in [0, 0.05) is 50.8 Å². The lowest BCUT2D eigenvalue weighted by Gasteiger charge is -2.37. The van der Waals surface area contributed by atoms with Gasteiger partial charge in [0.2, 0.25) is 0 Å². The number of methoxy groups -OCH3 is 1. The van der Waals surface area contributed by atoms with Crippen molar-refractivity contribution in [2.75, 3.05) is 50.1 Å². The van der Waals surface area contributed by atoms with Crippen LogP contribution in [-0.4, -0.2) is 56.1 Å². The molecule has 2 heterocycles. The van der Waals surface area contributed by atoms with E-state index in [1.54, 1.807) is 12.0 Å². The van der Waals surface area contributed by atoms with Crippen LogP contribution in [0, 0.1) is 0 Å². The van der Waals surface area contributed by atoms with Crippen LogP contribution in [0.5, 0.6) is 5.75 Å². The fraction of sp³-hybridized carbons (Fsp3) is 0.241. The molecular weight excluding hydrogens is 436 g/mol. The second kappa shape index (κ2) is 10.1. The van der Waals surface area contributed by atoms with Crippen molar-refractivity contribution in [3.05, 3.63) is 96.1 Å². The van der Waals surface area contributed by atoms with Crippen LogP contribution >= 0.6 is 0 Å². The Balaban J connectivity index is 1.37. The van der Waals surface area contributed by atoms with Gasteiger partial charge < -0.3 is 19.4 Å². The van der Waals surface area contributed by atoms with Crippen LogP contribution in [0.2, 0.25) is 0 Å². The van der Waals surface area contributed by atoms with Crippen molar-refractivity contribution in [3.63, 3.8) is 0 Å². The third kappa shape index (κ3) is 4.92. The van der Waals surface area contributed by atoms with E-state index in [9.17, 15) is 4.79 Å². The second-order valence-electron chi connectivity index (χ2n) is 8.86. The molecule has 1 aliphatic heterocycles. The first kappa shape index (κ1) is 22.7. The first-order chi connectivity index (χ1) is 17.1. The average molecular weight is 467 g/mol. The van der Waals surface area contributed by atoms with Gasteiger partial charge in [0.1, 0.15) is 11.6 Å². The minimum atomic E-state index is 0.00516. The highest BCUT2D eigenvalue weighted by atomic mass is 16.5. The average Bonchev–Trinajstić information content (AvgIpc) is 2.92. The molecule has 0 aliphatic carbocycles. The number of aromatic nitrogens is 1. The first-order valence-corrected chi connectivity index (χ1v) is 12.0. The SMILES string of the molecule is COc1ccc(N2CCN(c3cc(C(=O)N(C)Cc4ccccc4)c4ccccc4n3)CC2)cc1. The zero-order valence-electron chi connectivity index (χ0n) is 20.2. The number of hydrogen-bond acceptors (Lipinski definition) is 5. The summed E-state index contributed by atoms with van der Waals surface area (Å²) in [5.41, 5.74) is 3.84. The standard InChI is InChI=1S/C29H30N4O2/c1-31(21-22-8-4-3-5-9-22)29(34)26-20-28(30-27-11-7-6-10-25(26)27)33-18-16-32(17-19-33)23-12-14-24(35-2)15-13-23/h3-15,20H,16-19,21H2,1-2H3. The molecule has 5 rings (SSSR count). The fourth-order valence-corrected chi connectivity index (χ4v) is 4.62. The van der Waals surface area contributed by atoms with Crippen molar-refractivity contribution in [1.82, 2.24) is 9.88 Å². The molecule has 0 saturated carbocycles. The van der Waals surface area contributed by atoms with E-state index in [1.165, 1.54) is 5.69 Å². The second-order valence-corrected chi connectivity index (χ2v) is 8.86. The zero-order valence-corrected chi connectivity index (χ0v) is 20.2. The summed E-state index contributed by atoms with van der Waals surface area (Å²) in [6, 6.07) is 28.1. The number of ether oxygens (including phenoxy) is 1. The number of carbonyl (C=O) groups excluding carboxylic acids is 1. The molecule has 6 heteroatoms. The van der Waals surface area contributed by atoms with Crippen molar-refractivity contribution >= 4 is 28.3 Å². The molecule has 1 fully saturated rings. The first-order valence-electron chi connectivity index (χ1n) is 12.0. The topological polar surface area (TPSA) is 48.9 Å². The normalized spacial score (nSPS) is 13.7.